The van der Waals surface area contributed by atoms with E-state index in [1.807, 2.05) is 42.2 Å². The number of carbonyl (C=O) groups is 1. The quantitative estimate of drug-likeness (QED) is 0.855. The number of likely N-dealkylation sites (tertiary alicyclic amines) is 1. The molecule has 0 aliphatic carbocycles. The molecule has 1 aromatic heterocycles. The number of hydrogen-bond acceptors (Lipinski definition) is 2. The van der Waals surface area contributed by atoms with Crippen LogP contribution in [-0.2, 0) is 11.3 Å². The van der Waals surface area contributed by atoms with Crippen molar-refractivity contribution in [2.24, 2.45) is 0 Å². The molecule has 1 aliphatic rings. The lowest BCUT2D eigenvalue weighted by atomic mass is 10.1. The Hall–Kier alpha value is -2.10. The van der Waals surface area contributed by atoms with E-state index in [1.54, 1.807) is 4.57 Å². The van der Waals surface area contributed by atoms with Crippen LogP contribution in [0.1, 0.15) is 31.2 Å². The van der Waals surface area contributed by atoms with Crippen LogP contribution in [0.5, 0.6) is 0 Å². The Balaban J connectivity index is 1.94. The van der Waals surface area contributed by atoms with Gasteiger partial charge in [0, 0.05) is 18.7 Å². The molecule has 116 valence electrons. The molecular weight excluding hydrogens is 276 g/mol. The van der Waals surface area contributed by atoms with Gasteiger partial charge in [0.15, 0.2) is 0 Å². The van der Waals surface area contributed by atoms with E-state index in [-0.39, 0.29) is 18.0 Å². The number of fused-ring (bicyclic) bond motifs is 1. The number of benzene rings is 1. The molecule has 0 saturated carbocycles. The molecule has 0 spiro atoms. The van der Waals surface area contributed by atoms with Crippen molar-refractivity contribution in [3.63, 3.8) is 0 Å². The number of carbonyl (C=O) groups excluding carboxylic acids is 1. The summed E-state index contributed by atoms with van der Waals surface area (Å²) in [6.07, 6.45) is 4.51. The molecule has 0 unspecified atom stereocenters. The number of aryl methyl sites for hydroxylation is 1. The maximum Gasteiger partial charge on any atom is 0.254 e. The molecule has 0 N–H and O–H groups in total. The second-order valence-corrected chi connectivity index (χ2v) is 6.07. The van der Waals surface area contributed by atoms with Gasteiger partial charge in [0.2, 0.25) is 5.91 Å². The fourth-order valence-corrected chi connectivity index (χ4v) is 3.18. The zero-order chi connectivity index (χ0) is 15.5. The molecule has 2 heterocycles. The summed E-state index contributed by atoms with van der Waals surface area (Å²) in [5.41, 5.74) is 1.45. The van der Waals surface area contributed by atoms with Crippen molar-refractivity contribution >= 4 is 16.8 Å². The zero-order valence-corrected chi connectivity index (χ0v) is 13.0. The van der Waals surface area contributed by atoms with Gasteiger partial charge < -0.3 is 4.90 Å². The first-order chi connectivity index (χ1) is 10.7. The molecule has 1 aromatic carbocycles. The van der Waals surface area contributed by atoms with E-state index < -0.39 is 0 Å². The van der Waals surface area contributed by atoms with E-state index in [2.05, 4.69) is 0 Å². The van der Waals surface area contributed by atoms with Crippen LogP contribution in [0.4, 0.5) is 0 Å². The summed E-state index contributed by atoms with van der Waals surface area (Å²) in [6, 6.07) is 9.64. The Morgan fingerprint density at radius 2 is 1.77 bits per heavy atom. The summed E-state index contributed by atoms with van der Waals surface area (Å²) in [5.74, 6) is 0.0553. The standard InChI is InChI=1S/C18H22N2O2/c1-14-12-15-8-4-5-9-16(15)20(18(14)22)13-17(21)19-10-6-2-3-7-11-19/h4-5,8-9,12H,2-3,6-7,10-11,13H2,1H3. The predicted octanol–water partition coefficient (Wildman–Crippen LogP) is 2.71. The average Bonchev–Trinajstić information content (AvgIpc) is 2.81. The van der Waals surface area contributed by atoms with E-state index in [0.717, 1.165) is 36.8 Å². The first-order valence-corrected chi connectivity index (χ1v) is 8.04. The van der Waals surface area contributed by atoms with Gasteiger partial charge in [-0.1, -0.05) is 31.0 Å². The minimum atomic E-state index is -0.0677. The van der Waals surface area contributed by atoms with Crippen LogP contribution >= 0.6 is 0 Å². The van der Waals surface area contributed by atoms with Gasteiger partial charge in [0.25, 0.3) is 5.56 Å². The number of pyridine rings is 1. The third kappa shape index (κ3) is 2.91. The molecule has 1 saturated heterocycles. The average molecular weight is 298 g/mol. The summed E-state index contributed by atoms with van der Waals surface area (Å²) >= 11 is 0. The maximum absolute atomic E-state index is 12.6. The van der Waals surface area contributed by atoms with Crippen LogP contribution in [0.25, 0.3) is 10.9 Å². The topological polar surface area (TPSA) is 42.3 Å². The molecule has 3 rings (SSSR count). The summed E-state index contributed by atoms with van der Waals surface area (Å²) < 4.78 is 1.62. The SMILES string of the molecule is Cc1cc2ccccc2n(CC(=O)N2CCCCCC2)c1=O. The number of hydrogen-bond donors (Lipinski definition) is 0. The first kappa shape index (κ1) is 14.8. The Morgan fingerprint density at radius 3 is 2.50 bits per heavy atom. The Kier molecular flexibility index (Phi) is 4.27. The van der Waals surface area contributed by atoms with Crippen LogP contribution in [-0.4, -0.2) is 28.5 Å². The number of amides is 1. The number of nitrogens with zero attached hydrogens (tertiary/aromatic N) is 2. The molecule has 1 aliphatic heterocycles. The van der Waals surface area contributed by atoms with Crippen LogP contribution in [0, 0.1) is 6.92 Å². The zero-order valence-electron chi connectivity index (χ0n) is 13.0. The lowest BCUT2D eigenvalue weighted by Crippen LogP contribution is -2.37. The van der Waals surface area contributed by atoms with E-state index in [1.165, 1.54) is 12.8 Å². The van der Waals surface area contributed by atoms with E-state index in [0.29, 0.717) is 5.56 Å². The predicted molar refractivity (Wildman–Crippen MR) is 88.0 cm³/mol. The van der Waals surface area contributed by atoms with Crippen molar-refractivity contribution < 1.29 is 4.79 Å². The highest BCUT2D eigenvalue weighted by Crippen LogP contribution is 2.14. The van der Waals surface area contributed by atoms with Gasteiger partial charge in [-0.3, -0.25) is 14.2 Å². The van der Waals surface area contributed by atoms with Crippen molar-refractivity contribution in [3.8, 4) is 0 Å². The van der Waals surface area contributed by atoms with E-state index >= 15 is 0 Å². The summed E-state index contributed by atoms with van der Waals surface area (Å²) in [6.45, 7) is 3.58. The van der Waals surface area contributed by atoms with Crippen molar-refractivity contribution in [2.75, 3.05) is 13.1 Å². The molecule has 0 radical (unpaired) electrons. The largest absolute Gasteiger partial charge is 0.341 e. The normalized spacial score (nSPS) is 15.8. The Labute approximate surface area is 130 Å². The van der Waals surface area contributed by atoms with Crippen molar-refractivity contribution in [1.82, 2.24) is 9.47 Å². The van der Waals surface area contributed by atoms with Gasteiger partial charge in [-0.2, -0.15) is 0 Å². The first-order valence-electron chi connectivity index (χ1n) is 8.04. The molecule has 1 fully saturated rings. The number of para-hydroxylation sites is 1. The van der Waals surface area contributed by atoms with Crippen molar-refractivity contribution in [3.05, 3.63) is 46.2 Å². The van der Waals surface area contributed by atoms with Gasteiger partial charge in [0.05, 0.1) is 5.52 Å². The second-order valence-electron chi connectivity index (χ2n) is 6.07. The molecule has 22 heavy (non-hydrogen) atoms. The summed E-state index contributed by atoms with van der Waals surface area (Å²) in [7, 11) is 0. The van der Waals surface area contributed by atoms with Crippen LogP contribution < -0.4 is 5.56 Å². The molecule has 0 bridgehead atoms. The maximum atomic E-state index is 12.6. The van der Waals surface area contributed by atoms with Gasteiger partial charge in [-0.15, -0.1) is 0 Å². The molecule has 1 amide bonds. The monoisotopic (exact) mass is 298 g/mol. The number of aromatic nitrogens is 1. The number of rotatable bonds is 2. The smallest absolute Gasteiger partial charge is 0.254 e. The highest BCUT2D eigenvalue weighted by atomic mass is 16.2. The molecule has 2 aromatic rings. The Bertz CT molecular complexity index is 740. The summed E-state index contributed by atoms with van der Waals surface area (Å²) in [5, 5.41) is 1.00. The van der Waals surface area contributed by atoms with Crippen LogP contribution in [0.15, 0.2) is 35.1 Å². The third-order valence-electron chi connectivity index (χ3n) is 4.43. The van der Waals surface area contributed by atoms with Gasteiger partial charge in [0.1, 0.15) is 6.54 Å². The van der Waals surface area contributed by atoms with Crippen LogP contribution in [0.2, 0.25) is 0 Å². The van der Waals surface area contributed by atoms with Crippen LogP contribution in [0.3, 0.4) is 0 Å². The highest BCUT2D eigenvalue weighted by molar-refractivity contribution is 5.82. The fraction of sp³-hybridized carbons (Fsp3) is 0.444. The van der Waals surface area contributed by atoms with E-state index in [9.17, 15) is 9.59 Å². The minimum absolute atomic E-state index is 0.0553. The second kappa shape index (κ2) is 6.34. The van der Waals surface area contributed by atoms with Gasteiger partial charge in [-0.25, -0.2) is 0 Å². The minimum Gasteiger partial charge on any atom is -0.341 e. The van der Waals surface area contributed by atoms with Crippen molar-refractivity contribution in [2.45, 2.75) is 39.2 Å². The molecule has 0 atom stereocenters. The van der Waals surface area contributed by atoms with E-state index in [4.69, 9.17) is 0 Å². The van der Waals surface area contributed by atoms with Gasteiger partial charge in [-0.05, 0) is 37.3 Å². The summed E-state index contributed by atoms with van der Waals surface area (Å²) in [4.78, 5) is 27.0. The molecule has 4 heteroatoms. The lowest BCUT2D eigenvalue weighted by Gasteiger charge is -2.21. The molecule has 4 nitrogen and oxygen atoms in total. The van der Waals surface area contributed by atoms with Crippen molar-refractivity contribution in [1.29, 1.82) is 0 Å². The fourth-order valence-electron chi connectivity index (χ4n) is 3.18. The van der Waals surface area contributed by atoms with Gasteiger partial charge >= 0.3 is 0 Å². The third-order valence-corrected chi connectivity index (χ3v) is 4.43. The Morgan fingerprint density at radius 1 is 1.09 bits per heavy atom. The highest BCUT2D eigenvalue weighted by Gasteiger charge is 2.17. The molecular formula is C18H22N2O2. The lowest BCUT2D eigenvalue weighted by molar-refractivity contribution is -0.131.